The number of anilines is 1. The molecule has 0 unspecified atom stereocenters. The molecule has 0 atom stereocenters. The highest BCUT2D eigenvalue weighted by Gasteiger charge is 2.10. The van der Waals surface area contributed by atoms with Crippen molar-refractivity contribution in [2.75, 3.05) is 11.1 Å². The first-order chi connectivity index (χ1) is 12.5. The molecule has 26 heavy (non-hydrogen) atoms. The van der Waals surface area contributed by atoms with E-state index < -0.39 is 0 Å². The molecule has 0 spiro atoms. The number of carbonyl (C=O) groups is 1. The third-order valence-electron chi connectivity index (χ3n) is 3.89. The number of halogens is 1. The zero-order chi connectivity index (χ0) is 18.5. The Morgan fingerprint density at radius 1 is 1.23 bits per heavy atom. The van der Waals surface area contributed by atoms with E-state index in [1.54, 1.807) is 6.07 Å². The highest BCUT2D eigenvalue weighted by atomic mass is 35.5. The summed E-state index contributed by atoms with van der Waals surface area (Å²) in [6.07, 6.45) is 0.999. The summed E-state index contributed by atoms with van der Waals surface area (Å²) in [5.74, 6) is 0.784. The summed E-state index contributed by atoms with van der Waals surface area (Å²) in [7, 11) is 0. The van der Waals surface area contributed by atoms with Gasteiger partial charge in [-0.25, -0.2) is 4.98 Å². The number of hydrogen-bond donors (Lipinski definition) is 2. The molecule has 5 nitrogen and oxygen atoms in total. The highest BCUT2D eigenvalue weighted by molar-refractivity contribution is 7.99. The van der Waals surface area contributed by atoms with Crippen LogP contribution in [0.15, 0.2) is 47.6 Å². The summed E-state index contributed by atoms with van der Waals surface area (Å²) in [5, 5.41) is 11.1. The van der Waals surface area contributed by atoms with Crippen molar-refractivity contribution in [2.45, 2.75) is 25.4 Å². The third-order valence-corrected chi connectivity index (χ3v) is 5.14. The molecule has 0 fully saturated rings. The van der Waals surface area contributed by atoms with E-state index in [1.807, 2.05) is 31.2 Å². The van der Waals surface area contributed by atoms with Gasteiger partial charge in [-0.15, -0.1) is 5.10 Å². The Kier molecular flexibility index (Phi) is 5.96. The molecule has 2 N–H and O–H groups in total. The number of aromatic amines is 1. The SMILES string of the molecule is CCc1ccc(-c2nc(SCC(=O)Nc3ccc(C)c(Cl)c3)n[nH]2)cc1. The number of rotatable bonds is 6. The molecular formula is C19H19ClN4OS. The van der Waals surface area contributed by atoms with Crippen LogP contribution in [0.1, 0.15) is 18.1 Å². The van der Waals surface area contributed by atoms with Gasteiger partial charge in [0.2, 0.25) is 11.1 Å². The van der Waals surface area contributed by atoms with Gasteiger partial charge in [0.25, 0.3) is 0 Å². The van der Waals surface area contributed by atoms with Gasteiger partial charge in [0.1, 0.15) is 0 Å². The van der Waals surface area contributed by atoms with Gasteiger partial charge in [0, 0.05) is 16.3 Å². The van der Waals surface area contributed by atoms with Gasteiger partial charge in [0.05, 0.1) is 5.75 Å². The Labute approximate surface area is 161 Å². The molecule has 0 aliphatic rings. The lowest BCUT2D eigenvalue weighted by molar-refractivity contribution is -0.113. The summed E-state index contributed by atoms with van der Waals surface area (Å²) in [6, 6.07) is 13.6. The largest absolute Gasteiger partial charge is 0.325 e. The van der Waals surface area contributed by atoms with Gasteiger partial charge >= 0.3 is 0 Å². The van der Waals surface area contributed by atoms with Gasteiger partial charge in [-0.1, -0.05) is 60.6 Å². The fourth-order valence-corrected chi connectivity index (χ4v) is 3.12. The van der Waals surface area contributed by atoms with Crippen LogP contribution in [0.2, 0.25) is 5.02 Å². The van der Waals surface area contributed by atoms with Crippen molar-refractivity contribution < 1.29 is 4.79 Å². The number of hydrogen-bond acceptors (Lipinski definition) is 4. The molecule has 2 aromatic carbocycles. The Hall–Kier alpha value is -2.31. The third kappa shape index (κ3) is 4.65. The maximum Gasteiger partial charge on any atom is 0.234 e. The van der Waals surface area contributed by atoms with E-state index in [0.717, 1.165) is 17.5 Å². The van der Waals surface area contributed by atoms with E-state index >= 15 is 0 Å². The van der Waals surface area contributed by atoms with Gasteiger partial charge < -0.3 is 5.32 Å². The van der Waals surface area contributed by atoms with Crippen LogP contribution in [0.3, 0.4) is 0 Å². The number of amides is 1. The average Bonchev–Trinajstić information content (AvgIpc) is 3.12. The lowest BCUT2D eigenvalue weighted by atomic mass is 10.1. The molecular weight excluding hydrogens is 368 g/mol. The zero-order valence-corrected chi connectivity index (χ0v) is 16.1. The lowest BCUT2D eigenvalue weighted by Crippen LogP contribution is -2.14. The fraction of sp³-hybridized carbons (Fsp3) is 0.211. The minimum atomic E-state index is -0.131. The number of carbonyl (C=O) groups excluding carboxylic acids is 1. The van der Waals surface area contributed by atoms with Crippen molar-refractivity contribution in [3.05, 3.63) is 58.6 Å². The maximum atomic E-state index is 12.1. The van der Waals surface area contributed by atoms with Crippen molar-refractivity contribution in [1.82, 2.24) is 15.2 Å². The predicted molar refractivity (Wildman–Crippen MR) is 107 cm³/mol. The fourth-order valence-electron chi connectivity index (χ4n) is 2.34. The quantitative estimate of drug-likeness (QED) is 0.601. The van der Waals surface area contributed by atoms with E-state index in [0.29, 0.717) is 21.7 Å². The van der Waals surface area contributed by atoms with Crippen molar-refractivity contribution >= 4 is 35.0 Å². The van der Waals surface area contributed by atoms with Crippen LogP contribution in [0.4, 0.5) is 5.69 Å². The first-order valence-corrected chi connectivity index (χ1v) is 9.62. The first-order valence-electron chi connectivity index (χ1n) is 8.25. The summed E-state index contributed by atoms with van der Waals surface area (Å²) >= 11 is 7.35. The smallest absolute Gasteiger partial charge is 0.234 e. The van der Waals surface area contributed by atoms with Gasteiger partial charge in [-0.2, -0.15) is 0 Å². The van der Waals surface area contributed by atoms with Crippen LogP contribution in [-0.2, 0) is 11.2 Å². The second-order valence-corrected chi connectivity index (χ2v) is 7.17. The predicted octanol–water partition coefficient (Wildman–Crippen LogP) is 4.73. The minimum absolute atomic E-state index is 0.131. The lowest BCUT2D eigenvalue weighted by Gasteiger charge is -2.05. The number of nitrogens with one attached hydrogen (secondary N) is 2. The first kappa shape index (κ1) is 18.5. The number of aromatic nitrogens is 3. The Bertz CT molecular complexity index is 908. The van der Waals surface area contributed by atoms with E-state index in [1.165, 1.54) is 17.3 Å². The Morgan fingerprint density at radius 3 is 2.69 bits per heavy atom. The molecule has 1 amide bonds. The van der Waals surface area contributed by atoms with Gasteiger partial charge in [-0.3, -0.25) is 9.89 Å². The monoisotopic (exact) mass is 386 g/mol. The number of thioether (sulfide) groups is 1. The molecule has 0 radical (unpaired) electrons. The van der Waals surface area contributed by atoms with Crippen molar-refractivity contribution in [2.24, 2.45) is 0 Å². The van der Waals surface area contributed by atoms with Crippen LogP contribution in [-0.4, -0.2) is 26.8 Å². The van der Waals surface area contributed by atoms with Crippen LogP contribution in [0.5, 0.6) is 0 Å². The second kappa shape index (κ2) is 8.38. The van der Waals surface area contributed by atoms with E-state index in [9.17, 15) is 4.79 Å². The van der Waals surface area contributed by atoms with Gasteiger partial charge in [-0.05, 0) is 36.6 Å². The van der Waals surface area contributed by atoms with Gasteiger partial charge in [0.15, 0.2) is 5.82 Å². The molecule has 1 heterocycles. The van der Waals surface area contributed by atoms with E-state index in [4.69, 9.17) is 11.6 Å². The number of benzene rings is 2. The van der Waals surface area contributed by atoms with Crippen LogP contribution in [0, 0.1) is 6.92 Å². The molecule has 0 saturated heterocycles. The normalized spacial score (nSPS) is 10.7. The average molecular weight is 387 g/mol. The molecule has 0 bridgehead atoms. The van der Waals surface area contributed by atoms with Crippen molar-refractivity contribution in [3.8, 4) is 11.4 Å². The molecule has 3 rings (SSSR count). The molecule has 0 aliphatic heterocycles. The standard InChI is InChI=1S/C19H19ClN4OS/c1-3-13-5-7-14(8-6-13)18-22-19(24-23-18)26-11-17(25)21-15-9-4-12(2)16(20)10-15/h4-10H,3,11H2,1-2H3,(H,21,25)(H,22,23,24). The van der Waals surface area contributed by atoms with Crippen LogP contribution < -0.4 is 5.32 Å². The number of nitrogens with zero attached hydrogens (tertiary/aromatic N) is 2. The number of aryl methyl sites for hydroxylation is 2. The van der Waals surface area contributed by atoms with Crippen molar-refractivity contribution in [3.63, 3.8) is 0 Å². The summed E-state index contributed by atoms with van der Waals surface area (Å²) in [6.45, 7) is 4.04. The highest BCUT2D eigenvalue weighted by Crippen LogP contribution is 2.22. The Morgan fingerprint density at radius 2 is 2.00 bits per heavy atom. The summed E-state index contributed by atoms with van der Waals surface area (Å²) in [5.41, 5.74) is 3.90. The number of H-pyrrole nitrogens is 1. The molecule has 7 heteroatoms. The molecule has 134 valence electrons. The van der Waals surface area contributed by atoms with E-state index in [2.05, 4.69) is 39.6 Å². The topological polar surface area (TPSA) is 70.7 Å². The molecule has 0 saturated carbocycles. The molecule has 0 aliphatic carbocycles. The minimum Gasteiger partial charge on any atom is -0.325 e. The maximum absolute atomic E-state index is 12.1. The second-order valence-electron chi connectivity index (χ2n) is 5.82. The Balaban J connectivity index is 1.56. The van der Waals surface area contributed by atoms with Crippen LogP contribution >= 0.6 is 23.4 Å². The summed E-state index contributed by atoms with van der Waals surface area (Å²) < 4.78 is 0. The summed E-state index contributed by atoms with van der Waals surface area (Å²) in [4.78, 5) is 16.5. The molecule has 1 aromatic heterocycles. The van der Waals surface area contributed by atoms with Crippen LogP contribution in [0.25, 0.3) is 11.4 Å². The van der Waals surface area contributed by atoms with E-state index in [-0.39, 0.29) is 11.7 Å². The zero-order valence-electron chi connectivity index (χ0n) is 14.5. The van der Waals surface area contributed by atoms with Crippen molar-refractivity contribution in [1.29, 1.82) is 0 Å². The molecule has 3 aromatic rings.